The van der Waals surface area contributed by atoms with Crippen molar-refractivity contribution in [2.24, 2.45) is 11.7 Å². The number of primary amides is 1. The molecule has 1 aromatic carbocycles. The van der Waals surface area contributed by atoms with Gasteiger partial charge in [-0.3, -0.25) is 0 Å². The fraction of sp³-hybridized carbons (Fsp3) is 0.500. The summed E-state index contributed by atoms with van der Waals surface area (Å²) >= 11 is 12.0. The lowest BCUT2D eigenvalue weighted by atomic mass is 9.98. The predicted octanol–water partition coefficient (Wildman–Crippen LogP) is 3.78. The molecule has 1 rings (SSSR count). The number of ether oxygens (including phenoxy) is 3. The predicted molar refractivity (Wildman–Crippen MR) is 81.5 cm³/mol. The largest absolute Gasteiger partial charge is 0.441 e. The van der Waals surface area contributed by atoms with Crippen LogP contribution in [0.3, 0.4) is 0 Å². The van der Waals surface area contributed by atoms with E-state index in [4.69, 9.17) is 43.1 Å². The van der Waals surface area contributed by atoms with Crippen molar-refractivity contribution in [2.45, 2.75) is 19.4 Å². The molecule has 7 heteroatoms. The number of hydrogen-bond acceptors (Lipinski definition) is 4. The van der Waals surface area contributed by atoms with Crippen molar-refractivity contribution in [1.82, 2.24) is 0 Å². The molecule has 0 heterocycles. The molecule has 1 amide bonds. The Kier molecular flexibility index (Phi) is 7.82. The lowest BCUT2D eigenvalue weighted by molar-refractivity contribution is -0.0465. The molecular weight excluding hydrogens is 317 g/mol. The molecule has 0 spiro atoms. The van der Waals surface area contributed by atoms with Crippen LogP contribution in [0, 0.1) is 5.92 Å². The van der Waals surface area contributed by atoms with Gasteiger partial charge in [0.05, 0.1) is 6.61 Å². The van der Waals surface area contributed by atoms with E-state index in [0.29, 0.717) is 28.6 Å². The highest BCUT2D eigenvalue weighted by Crippen LogP contribution is 2.32. The Hall–Kier alpha value is -1.01. The van der Waals surface area contributed by atoms with Gasteiger partial charge in [0, 0.05) is 22.7 Å². The zero-order valence-corrected chi connectivity index (χ0v) is 13.5. The standard InChI is InChI=1S/C14H19Cl2NO4/c1-9(7-20-8-19-2)5-13(21-14(17)18)11-4-3-10(15)6-12(11)16/h3-4,6,9,13H,5,7-8H2,1-2H3,(H2,17,18)/t9-,13-/m1/s1. The first-order valence-electron chi connectivity index (χ1n) is 6.41. The molecule has 0 aromatic heterocycles. The Morgan fingerprint density at radius 2 is 2.10 bits per heavy atom. The lowest BCUT2D eigenvalue weighted by Gasteiger charge is -2.22. The smallest absolute Gasteiger partial charge is 0.405 e. The molecule has 0 aliphatic carbocycles. The van der Waals surface area contributed by atoms with Crippen LogP contribution in [0.4, 0.5) is 4.79 Å². The fourth-order valence-corrected chi connectivity index (χ4v) is 2.44. The van der Waals surface area contributed by atoms with E-state index in [1.807, 2.05) is 6.92 Å². The molecule has 2 atom stereocenters. The molecule has 0 radical (unpaired) electrons. The Morgan fingerprint density at radius 3 is 2.67 bits per heavy atom. The quantitative estimate of drug-likeness (QED) is 0.579. The molecule has 0 bridgehead atoms. The van der Waals surface area contributed by atoms with E-state index >= 15 is 0 Å². The second kappa shape index (κ2) is 9.10. The zero-order chi connectivity index (χ0) is 15.8. The minimum atomic E-state index is -0.851. The summed E-state index contributed by atoms with van der Waals surface area (Å²) in [6.07, 6.45) is -0.877. The lowest BCUT2D eigenvalue weighted by Crippen LogP contribution is -2.21. The van der Waals surface area contributed by atoms with Crippen molar-refractivity contribution >= 4 is 29.3 Å². The average Bonchev–Trinajstić information content (AvgIpc) is 2.37. The van der Waals surface area contributed by atoms with Crippen LogP contribution in [0.15, 0.2) is 18.2 Å². The molecule has 5 nitrogen and oxygen atoms in total. The Balaban J connectivity index is 2.77. The van der Waals surface area contributed by atoms with Gasteiger partial charge in [-0.05, 0) is 24.5 Å². The van der Waals surface area contributed by atoms with Crippen molar-refractivity contribution in [3.8, 4) is 0 Å². The van der Waals surface area contributed by atoms with Crippen molar-refractivity contribution in [2.75, 3.05) is 20.5 Å². The van der Waals surface area contributed by atoms with Gasteiger partial charge in [0.25, 0.3) is 0 Å². The molecule has 2 N–H and O–H groups in total. The molecule has 118 valence electrons. The second-order valence-electron chi connectivity index (χ2n) is 4.71. The van der Waals surface area contributed by atoms with Crippen molar-refractivity contribution < 1.29 is 19.0 Å². The van der Waals surface area contributed by atoms with Crippen LogP contribution in [-0.2, 0) is 14.2 Å². The van der Waals surface area contributed by atoms with E-state index in [1.54, 1.807) is 25.3 Å². The Bertz CT molecular complexity index is 470. The van der Waals surface area contributed by atoms with Crippen molar-refractivity contribution in [3.05, 3.63) is 33.8 Å². The SMILES string of the molecule is COCOC[C@H](C)C[C@@H](OC(N)=O)c1ccc(Cl)cc1Cl. The number of benzene rings is 1. The molecule has 0 saturated heterocycles. The van der Waals surface area contributed by atoms with E-state index in [9.17, 15) is 4.79 Å². The van der Waals surface area contributed by atoms with E-state index in [2.05, 4.69) is 0 Å². The molecular formula is C14H19Cl2NO4. The Labute approximate surface area is 134 Å². The third-order valence-electron chi connectivity index (χ3n) is 2.79. The van der Waals surface area contributed by atoms with Crippen LogP contribution in [0.1, 0.15) is 25.0 Å². The highest BCUT2D eigenvalue weighted by atomic mass is 35.5. The molecule has 1 aromatic rings. The van der Waals surface area contributed by atoms with Crippen molar-refractivity contribution in [1.29, 1.82) is 0 Å². The highest BCUT2D eigenvalue weighted by Gasteiger charge is 2.21. The van der Waals surface area contributed by atoms with Gasteiger partial charge in [-0.2, -0.15) is 0 Å². The number of carbonyl (C=O) groups is 1. The summed E-state index contributed by atoms with van der Waals surface area (Å²) in [6, 6.07) is 5.01. The van der Waals surface area contributed by atoms with Gasteiger partial charge in [-0.1, -0.05) is 36.2 Å². The van der Waals surface area contributed by atoms with Gasteiger partial charge in [-0.25, -0.2) is 4.79 Å². The highest BCUT2D eigenvalue weighted by molar-refractivity contribution is 6.35. The van der Waals surface area contributed by atoms with E-state index < -0.39 is 12.2 Å². The van der Waals surface area contributed by atoms with Gasteiger partial charge in [0.1, 0.15) is 12.9 Å². The second-order valence-corrected chi connectivity index (χ2v) is 5.55. The van der Waals surface area contributed by atoms with Gasteiger partial charge in [0.2, 0.25) is 0 Å². The van der Waals surface area contributed by atoms with Crippen LogP contribution >= 0.6 is 23.2 Å². The van der Waals surface area contributed by atoms with E-state index in [0.717, 1.165) is 0 Å². The number of halogens is 2. The number of carbonyl (C=O) groups excluding carboxylic acids is 1. The Morgan fingerprint density at radius 1 is 1.38 bits per heavy atom. The first-order valence-corrected chi connectivity index (χ1v) is 7.17. The summed E-state index contributed by atoms with van der Waals surface area (Å²) in [5.41, 5.74) is 5.79. The minimum absolute atomic E-state index is 0.122. The number of amides is 1. The van der Waals surface area contributed by atoms with Crippen LogP contribution in [0.2, 0.25) is 10.0 Å². The maximum Gasteiger partial charge on any atom is 0.405 e. The molecule has 0 unspecified atom stereocenters. The molecule has 0 fully saturated rings. The number of nitrogens with two attached hydrogens (primary N) is 1. The van der Waals surface area contributed by atoms with Crippen LogP contribution in [-0.4, -0.2) is 26.6 Å². The minimum Gasteiger partial charge on any atom is -0.441 e. The van der Waals surface area contributed by atoms with E-state index in [-0.39, 0.29) is 12.7 Å². The number of hydrogen-bond donors (Lipinski definition) is 1. The molecule has 0 aliphatic rings. The zero-order valence-electron chi connectivity index (χ0n) is 12.0. The average molecular weight is 336 g/mol. The third kappa shape index (κ3) is 6.52. The number of methoxy groups -OCH3 is 1. The van der Waals surface area contributed by atoms with Gasteiger partial charge < -0.3 is 19.9 Å². The first-order chi connectivity index (χ1) is 9.93. The van der Waals surface area contributed by atoms with Crippen LogP contribution in [0.5, 0.6) is 0 Å². The molecule has 21 heavy (non-hydrogen) atoms. The summed E-state index contributed by atoms with van der Waals surface area (Å²) in [5, 5.41) is 0.941. The maximum atomic E-state index is 11.1. The summed E-state index contributed by atoms with van der Waals surface area (Å²) in [7, 11) is 1.55. The van der Waals surface area contributed by atoms with Crippen molar-refractivity contribution in [3.63, 3.8) is 0 Å². The first kappa shape index (κ1) is 18.0. The van der Waals surface area contributed by atoms with E-state index in [1.165, 1.54) is 0 Å². The monoisotopic (exact) mass is 335 g/mol. The van der Waals surface area contributed by atoms with Crippen LogP contribution in [0.25, 0.3) is 0 Å². The maximum absolute atomic E-state index is 11.1. The van der Waals surface area contributed by atoms with Gasteiger partial charge in [-0.15, -0.1) is 0 Å². The van der Waals surface area contributed by atoms with Gasteiger partial charge >= 0.3 is 6.09 Å². The van der Waals surface area contributed by atoms with Crippen LogP contribution < -0.4 is 5.73 Å². The summed E-state index contributed by atoms with van der Waals surface area (Å²) in [4.78, 5) is 11.1. The summed E-state index contributed by atoms with van der Waals surface area (Å²) < 4.78 is 15.3. The fourth-order valence-electron chi connectivity index (χ4n) is 1.91. The summed E-state index contributed by atoms with van der Waals surface area (Å²) in [5.74, 6) is 0.122. The molecule has 0 aliphatic heterocycles. The van der Waals surface area contributed by atoms with Gasteiger partial charge in [0.15, 0.2) is 0 Å². The molecule has 0 saturated carbocycles. The topological polar surface area (TPSA) is 70.8 Å². The third-order valence-corrected chi connectivity index (χ3v) is 3.35. The number of rotatable bonds is 8. The summed E-state index contributed by atoms with van der Waals surface area (Å²) in [6.45, 7) is 2.65. The normalized spacial score (nSPS) is 13.7.